The summed E-state index contributed by atoms with van der Waals surface area (Å²) >= 11 is 7.67. The van der Waals surface area contributed by atoms with Crippen molar-refractivity contribution in [2.24, 2.45) is 5.10 Å². The summed E-state index contributed by atoms with van der Waals surface area (Å²) < 4.78 is 17.6. The van der Waals surface area contributed by atoms with Crippen molar-refractivity contribution < 1.29 is 23.8 Å². The monoisotopic (exact) mass is 558 g/mol. The zero-order chi connectivity index (χ0) is 27.4. The quantitative estimate of drug-likeness (QED) is 0.0973. The van der Waals surface area contributed by atoms with E-state index < -0.39 is 18.0 Å². The van der Waals surface area contributed by atoms with Gasteiger partial charge in [0.25, 0.3) is 5.91 Å². The van der Waals surface area contributed by atoms with Gasteiger partial charge in [-0.05, 0) is 59.7 Å². The molecule has 0 fully saturated rings. The Morgan fingerprint density at radius 1 is 0.949 bits per heavy atom. The summed E-state index contributed by atoms with van der Waals surface area (Å²) in [5.41, 5.74) is 3.10. The summed E-state index contributed by atoms with van der Waals surface area (Å²) in [5, 5.41) is 7.29. The molecule has 1 aromatic heterocycles. The number of benzene rings is 4. The Bertz CT molecular complexity index is 1710. The van der Waals surface area contributed by atoms with Gasteiger partial charge in [-0.3, -0.25) is 4.79 Å². The maximum atomic E-state index is 12.8. The zero-order valence-electron chi connectivity index (χ0n) is 21.0. The average Bonchev–Trinajstić information content (AvgIpc) is 3.30. The second kappa shape index (κ2) is 11.6. The number of rotatable bonds is 8. The van der Waals surface area contributed by atoms with E-state index in [9.17, 15) is 9.59 Å². The summed E-state index contributed by atoms with van der Waals surface area (Å²) in [6.07, 6.45) is 0.692. The molecule has 0 aliphatic carbocycles. The molecule has 0 saturated heterocycles. The number of ether oxygens (including phenoxy) is 3. The number of nitrogens with zero attached hydrogens (tertiary/aromatic N) is 1. The summed E-state index contributed by atoms with van der Waals surface area (Å²) in [5.74, 6) is 0.163. The van der Waals surface area contributed by atoms with Gasteiger partial charge in [0.05, 0.1) is 18.3 Å². The number of esters is 1. The Balaban J connectivity index is 1.21. The fourth-order valence-corrected chi connectivity index (χ4v) is 5.28. The van der Waals surface area contributed by atoms with Crippen molar-refractivity contribution in [1.82, 2.24) is 5.43 Å². The second-order valence-electron chi connectivity index (χ2n) is 8.54. The number of hydrazone groups is 1. The van der Waals surface area contributed by atoms with Gasteiger partial charge in [-0.1, -0.05) is 60.1 Å². The summed E-state index contributed by atoms with van der Waals surface area (Å²) in [6, 6.07) is 26.0. The van der Waals surface area contributed by atoms with E-state index in [0.717, 1.165) is 20.9 Å². The van der Waals surface area contributed by atoms with Crippen LogP contribution in [0.3, 0.4) is 0 Å². The van der Waals surface area contributed by atoms with Gasteiger partial charge >= 0.3 is 5.97 Å². The molecule has 1 atom stereocenters. The largest absolute Gasteiger partial charge is 0.493 e. The topological polar surface area (TPSA) is 86.2 Å². The minimum absolute atomic E-state index is 0.231. The number of hydrogen-bond donors (Lipinski definition) is 1. The van der Waals surface area contributed by atoms with Crippen molar-refractivity contribution >= 4 is 61.9 Å². The first-order valence-electron chi connectivity index (χ1n) is 12.0. The lowest BCUT2D eigenvalue weighted by Crippen LogP contribution is -2.33. The van der Waals surface area contributed by atoms with Gasteiger partial charge in [0.1, 0.15) is 10.6 Å². The molecular weight excluding hydrogens is 536 g/mol. The lowest BCUT2D eigenvalue weighted by molar-refractivity contribution is -0.127. The normalized spacial score (nSPS) is 12.0. The number of amides is 1. The van der Waals surface area contributed by atoms with E-state index in [0.29, 0.717) is 27.0 Å². The van der Waals surface area contributed by atoms with E-state index in [2.05, 4.69) is 10.5 Å². The highest BCUT2D eigenvalue weighted by Gasteiger charge is 2.20. The van der Waals surface area contributed by atoms with Gasteiger partial charge in [-0.15, -0.1) is 11.3 Å². The van der Waals surface area contributed by atoms with Crippen molar-refractivity contribution in [3.63, 3.8) is 0 Å². The van der Waals surface area contributed by atoms with E-state index in [1.165, 1.54) is 24.7 Å². The number of halogens is 1. The van der Waals surface area contributed by atoms with Crippen LogP contribution in [0.5, 0.6) is 17.2 Å². The molecule has 196 valence electrons. The molecule has 0 saturated carbocycles. The van der Waals surface area contributed by atoms with Crippen LogP contribution in [-0.2, 0) is 4.79 Å². The predicted octanol–water partition coefficient (Wildman–Crippen LogP) is 6.85. The van der Waals surface area contributed by atoms with Crippen LogP contribution in [0.15, 0.2) is 90.0 Å². The van der Waals surface area contributed by atoms with Gasteiger partial charge in [0.2, 0.25) is 0 Å². The van der Waals surface area contributed by atoms with Crippen molar-refractivity contribution in [1.29, 1.82) is 0 Å². The second-order valence-corrected chi connectivity index (χ2v) is 9.97. The first kappa shape index (κ1) is 26.2. The highest BCUT2D eigenvalue weighted by atomic mass is 35.5. The molecule has 1 heterocycles. The van der Waals surface area contributed by atoms with Crippen LogP contribution in [-0.4, -0.2) is 31.3 Å². The fraction of sp³-hybridized carbons (Fsp3) is 0.100. The number of nitrogens with one attached hydrogen (secondary N) is 1. The van der Waals surface area contributed by atoms with Gasteiger partial charge < -0.3 is 14.2 Å². The SMILES string of the molecule is COc1cc(/C=N\NC(=O)[C@@H](C)Oc2ccc3ccccc3c2)ccc1OC(=O)c1sc2ccccc2c1Cl. The summed E-state index contributed by atoms with van der Waals surface area (Å²) in [4.78, 5) is 25.6. The van der Waals surface area contributed by atoms with Crippen LogP contribution >= 0.6 is 22.9 Å². The van der Waals surface area contributed by atoms with E-state index in [-0.39, 0.29) is 5.75 Å². The Labute approximate surface area is 233 Å². The van der Waals surface area contributed by atoms with Gasteiger partial charge in [0.15, 0.2) is 17.6 Å². The van der Waals surface area contributed by atoms with Gasteiger partial charge in [-0.2, -0.15) is 5.10 Å². The number of carbonyl (C=O) groups is 2. The Hall–Kier alpha value is -4.40. The van der Waals surface area contributed by atoms with Crippen LogP contribution < -0.4 is 19.6 Å². The Kier molecular flexibility index (Phi) is 7.76. The van der Waals surface area contributed by atoms with E-state index in [1.54, 1.807) is 25.1 Å². The number of fused-ring (bicyclic) bond motifs is 2. The molecule has 7 nitrogen and oxygen atoms in total. The Morgan fingerprint density at radius 2 is 1.72 bits per heavy atom. The van der Waals surface area contributed by atoms with Crippen molar-refractivity contribution in [3.05, 3.63) is 100 Å². The zero-order valence-corrected chi connectivity index (χ0v) is 22.6. The van der Waals surface area contributed by atoms with Crippen LogP contribution in [0, 0.1) is 0 Å². The summed E-state index contributed by atoms with van der Waals surface area (Å²) in [6.45, 7) is 1.65. The lowest BCUT2D eigenvalue weighted by atomic mass is 10.1. The van der Waals surface area contributed by atoms with Crippen LogP contribution in [0.2, 0.25) is 5.02 Å². The molecule has 5 rings (SSSR count). The van der Waals surface area contributed by atoms with Crippen LogP contribution in [0.25, 0.3) is 20.9 Å². The van der Waals surface area contributed by atoms with Crippen LogP contribution in [0.4, 0.5) is 0 Å². The van der Waals surface area contributed by atoms with Crippen molar-refractivity contribution in [2.45, 2.75) is 13.0 Å². The standard InChI is InChI=1S/C30H23ClN2O5S/c1-18(37-22-13-12-20-7-3-4-8-21(20)16-22)29(34)33-32-17-19-11-14-24(25(15-19)36-2)38-30(35)28-27(31)23-9-5-6-10-26(23)39-28/h3-18H,1-2H3,(H,33,34)/b32-17-/t18-/m1/s1. The first-order valence-corrected chi connectivity index (χ1v) is 13.2. The third kappa shape index (κ3) is 5.87. The molecule has 0 spiro atoms. The first-order chi connectivity index (χ1) is 18.9. The predicted molar refractivity (Wildman–Crippen MR) is 155 cm³/mol. The van der Waals surface area contributed by atoms with Crippen molar-refractivity contribution in [2.75, 3.05) is 7.11 Å². The molecule has 1 amide bonds. The fourth-order valence-electron chi connectivity index (χ4n) is 3.90. The summed E-state index contributed by atoms with van der Waals surface area (Å²) in [7, 11) is 1.47. The maximum absolute atomic E-state index is 12.8. The molecule has 0 aliphatic rings. The van der Waals surface area contributed by atoms with Gasteiger partial charge in [0, 0.05) is 10.1 Å². The van der Waals surface area contributed by atoms with E-state index in [4.69, 9.17) is 25.8 Å². The average molecular weight is 559 g/mol. The number of carbonyl (C=O) groups excluding carboxylic acids is 2. The third-order valence-electron chi connectivity index (χ3n) is 5.90. The number of methoxy groups -OCH3 is 1. The molecule has 0 radical (unpaired) electrons. The number of hydrogen-bond acceptors (Lipinski definition) is 7. The van der Waals surface area contributed by atoms with Crippen LogP contribution in [0.1, 0.15) is 22.2 Å². The van der Waals surface area contributed by atoms with Crippen molar-refractivity contribution in [3.8, 4) is 17.2 Å². The van der Waals surface area contributed by atoms with E-state index in [1.807, 2.05) is 66.7 Å². The minimum atomic E-state index is -0.764. The molecule has 5 aromatic rings. The molecular formula is C30H23ClN2O5S. The molecule has 0 unspecified atom stereocenters. The highest BCUT2D eigenvalue weighted by molar-refractivity contribution is 7.21. The molecule has 0 aliphatic heterocycles. The highest BCUT2D eigenvalue weighted by Crippen LogP contribution is 2.37. The molecule has 1 N–H and O–H groups in total. The Morgan fingerprint density at radius 3 is 2.51 bits per heavy atom. The molecule has 4 aromatic carbocycles. The molecule has 9 heteroatoms. The van der Waals surface area contributed by atoms with Gasteiger partial charge in [-0.25, -0.2) is 10.2 Å². The number of thiophene rings is 1. The minimum Gasteiger partial charge on any atom is -0.493 e. The molecule has 0 bridgehead atoms. The van der Waals surface area contributed by atoms with E-state index >= 15 is 0 Å². The maximum Gasteiger partial charge on any atom is 0.355 e. The smallest absolute Gasteiger partial charge is 0.355 e. The lowest BCUT2D eigenvalue weighted by Gasteiger charge is -2.13. The molecule has 39 heavy (non-hydrogen) atoms. The third-order valence-corrected chi connectivity index (χ3v) is 7.56.